The van der Waals surface area contributed by atoms with Gasteiger partial charge in [0.2, 0.25) is 26.0 Å². The van der Waals surface area contributed by atoms with Crippen molar-refractivity contribution in [3.63, 3.8) is 0 Å². The van der Waals surface area contributed by atoms with E-state index in [1.807, 2.05) is 0 Å². The molecular formula is C17H16N6O7S2. The van der Waals surface area contributed by atoms with Crippen LogP contribution in [0, 0.1) is 5.92 Å². The molecular weight excluding hydrogens is 464 g/mol. The number of anilines is 2. The number of sulfonamides is 2. The number of nitrogens with zero attached hydrogens (tertiary/aromatic N) is 2. The Labute approximate surface area is 182 Å². The number of hydrogen-bond acceptors (Lipinski definition) is 9. The van der Waals surface area contributed by atoms with Crippen LogP contribution < -0.4 is 26.3 Å². The van der Waals surface area contributed by atoms with Gasteiger partial charge in [-0.2, -0.15) is 5.10 Å². The van der Waals surface area contributed by atoms with Gasteiger partial charge >= 0.3 is 0 Å². The number of nitrogens with two attached hydrogens (primary N) is 3. The normalized spacial score (nSPS) is 18.2. The second-order valence-electron chi connectivity index (χ2n) is 6.52. The highest BCUT2D eigenvalue weighted by molar-refractivity contribution is 7.89. The fourth-order valence-corrected chi connectivity index (χ4v) is 3.95. The number of hydrogen-bond donors (Lipinski definition) is 4. The molecule has 168 valence electrons. The number of imide groups is 1. The minimum atomic E-state index is -4.00. The lowest BCUT2D eigenvalue weighted by Crippen LogP contribution is -2.35. The minimum Gasteiger partial charge on any atom is -0.325 e. The predicted molar refractivity (Wildman–Crippen MR) is 112 cm³/mol. The summed E-state index contributed by atoms with van der Waals surface area (Å²) in [6.45, 7) is 0. The summed E-state index contributed by atoms with van der Waals surface area (Å²) >= 11 is 0. The molecule has 3 rings (SSSR count). The van der Waals surface area contributed by atoms with Crippen molar-refractivity contribution in [1.82, 2.24) is 0 Å². The van der Waals surface area contributed by atoms with Crippen LogP contribution in [0.5, 0.6) is 0 Å². The average Bonchev–Trinajstić information content (AvgIpc) is 2.96. The molecule has 1 heterocycles. The van der Waals surface area contributed by atoms with E-state index in [1.165, 1.54) is 12.1 Å². The Hall–Kier alpha value is -3.66. The molecule has 13 nitrogen and oxygen atoms in total. The van der Waals surface area contributed by atoms with Crippen molar-refractivity contribution < 1.29 is 31.2 Å². The van der Waals surface area contributed by atoms with Gasteiger partial charge in [0.1, 0.15) is 5.71 Å². The summed E-state index contributed by atoms with van der Waals surface area (Å²) in [5.41, 5.74) is -0.444. The first-order valence-electron chi connectivity index (χ1n) is 8.57. The molecule has 7 N–H and O–H groups in total. The standard InChI is InChI=1S/C17H16N6O7S2/c18-22-14-13(15(24)21-9-1-5-11(6-2-9)31(19,27)28)16(25)23(17(14)26)10-3-7-12(8-4-10)32(20,29)30/h1-8,13H,18H2,(H,21,24)(H2,19,27,28)(H2,20,29,30)/b22-14+. The lowest BCUT2D eigenvalue weighted by Gasteiger charge is -2.14. The Kier molecular flexibility index (Phi) is 5.84. The zero-order valence-corrected chi connectivity index (χ0v) is 17.6. The van der Waals surface area contributed by atoms with Crippen LogP contribution in [0.3, 0.4) is 0 Å². The summed E-state index contributed by atoms with van der Waals surface area (Å²) in [7, 11) is -7.94. The Morgan fingerprint density at radius 3 is 1.78 bits per heavy atom. The zero-order valence-electron chi connectivity index (χ0n) is 16.0. The predicted octanol–water partition coefficient (Wildman–Crippen LogP) is -1.58. The van der Waals surface area contributed by atoms with E-state index in [0.717, 1.165) is 36.4 Å². The highest BCUT2D eigenvalue weighted by Crippen LogP contribution is 2.27. The van der Waals surface area contributed by atoms with E-state index >= 15 is 0 Å². The van der Waals surface area contributed by atoms with Crippen LogP contribution in [0.25, 0.3) is 0 Å². The number of benzene rings is 2. The third kappa shape index (κ3) is 4.35. The molecule has 2 aromatic carbocycles. The van der Waals surface area contributed by atoms with Crippen molar-refractivity contribution in [2.24, 2.45) is 27.1 Å². The summed E-state index contributed by atoms with van der Waals surface area (Å²) in [6.07, 6.45) is 0. The highest BCUT2D eigenvalue weighted by atomic mass is 32.2. The number of carbonyl (C=O) groups excluding carboxylic acids is 3. The van der Waals surface area contributed by atoms with E-state index in [4.69, 9.17) is 16.1 Å². The van der Waals surface area contributed by atoms with Crippen LogP contribution in [0.1, 0.15) is 0 Å². The average molecular weight is 480 g/mol. The van der Waals surface area contributed by atoms with Gasteiger partial charge in [-0.25, -0.2) is 32.0 Å². The van der Waals surface area contributed by atoms with Crippen molar-refractivity contribution >= 4 is 54.9 Å². The van der Waals surface area contributed by atoms with Crippen molar-refractivity contribution in [3.05, 3.63) is 48.5 Å². The number of amides is 3. The highest BCUT2D eigenvalue weighted by Gasteiger charge is 2.49. The van der Waals surface area contributed by atoms with E-state index in [9.17, 15) is 31.2 Å². The molecule has 3 amide bonds. The molecule has 0 radical (unpaired) electrons. The Morgan fingerprint density at radius 1 is 0.875 bits per heavy atom. The fourth-order valence-electron chi connectivity index (χ4n) is 2.92. The van der Waals surface area contributed by atoms with Gasteiger partial charge in [-0.15, -0.1) is 0 Å². The largest absolute Gasteiger partial charge is 0.325 e. The molecule has 15 heteroatoms. The number of rotatable bonds is 5. The number of carbonyl (C=O) groups is 3. The summed E-state index contributed by atoms with van der Waals surface area (Å²) in [4.78, 5) is 38.4. The van der Waals surface area contributed by atoms with Crippen LogP contribution in [0.15, 0.2) is 63.4 Å². The van der Waals surface area contributed by atoms with E-state index in [0.29, 0.717) is 4.90 Å². The van der Waals surface area contributed by atoms with Crippen molar-refractivity contribution in [2.75, 3.05) is 10.2 Å². The molecule has 1 atom stereocenters. The molecule has 0 spiro atoms. The van der Waals surface area contributed by atoms with E-state index in [-0.39, 0.29) is 21.2 Å². The number of primary sulfonamides is 2. The van der Waals surface area contributed by atoms with Crippen molar-refractivity contribution in [1.29, 1.82) is 0 Å². The van der Waals surface area contributed by atoms with Gasteiger partial charge in [0.15, 0.2) is 5.92 Å². The summed E-state index contributed by atoms with van der Waals surface area (Å²) in [6, 6.07) is 9.26. The molecule has 1 unspecified atom stereocenters. The first-order chi connectivity index (χ1) is 14.8. The Morgan fingerprint density at radius 2 is 1.34 bits per heavy atom. The van der Waals surface area contributed by atoms with Gasteiger partial charge in [0.25, 0.3) is 11.8 Å². The van der Waals surface area contributed by atoms with Gasteiger partial charge in [-0.05, 0) is 48.5 Å². The van der Waals surface area contributed by atoms with Crippen molar-refractivity contribution in [2.45, 2.75) is 9.79 Å². The maximum absolute atomic E-state index is 12.9. The summed E-state index contributed by atoms with van der Waals surface area (Å²) in [5.74, 6) is 0.655. The lowest BCUT2D eigenvalue weighted by molar-refractivity contribution is -0.127. The topological polar surface area (TPSA) is 225 Å². The SMILES string of the molecule is N/N=C1/C(=O)N(c2ccc(S(N)(=O)=O)cc2)C(=O)C1C(=O)Nc1ccc(S(N)(=O)=O)cc1. The van der Waals surface area contributed by atoms with Crippen LogP contribution in [0.4, 0.5) is 11.4 Å². The second-order valence-corrected chi connectivity index (χ2v) is 9.65. The van der Waals surface area contributed by atoms with Crippen LogP contribution in [0.2, 0.25) is 0 Å². The first-order valence-corrected chi connectivity index (χ1v) is 11.7. The quantitative estimate of drug-likeness (QED) is 0.169. The van der Waals surface area contributed by atoms with Gasteiger partial charge < -0.3 is 11.2 Å². The smallest absolute Gasteiger partial charge is 0.282 e. The molecule has 1 aliphatic rings. The Bertz CT molecular complexity index is 1350. The van der Waals surface area contributed by atoms with Crippen LogP contribution in [-0.2, 0) is 34.4 Å². The van der Waals surface area contributed by atoms with Crippen LogP contribution >= 0.6 is 0 Å². The summed E-state index contributed by atoms with van der Waals surface area (Å²) < 4.78 is 45.4. The molecule has 32 heavy (non-hydrogen) atoms. The van der Waals surface area contributed by atoms with Gasteiger partial charge in [0.05, 0.1) is 15.5 Å². The molecule has 1 saturated heterocycles. The number of nitrogens with one attached hydrogen (secondary N) is 1. The fraction of sp³-hybridized carbons (Fsp3) is 0.0588. The van der Waals surface area contributed by atoms with E-state index in [2.05, 4.69) is 10.4 Å². The van der Waals surface area contributed by atoms with Gasteiger partial charge in [-0.1, -0.05) is 0 Å². The number of hydrazone groups is 1. The maximum Gasteiger partial charge on any atom is 0.282 e. The third-order valence-electron chi connectivity index (χ3n) is 4.44. The monoisotopic (exact) mass is 480 g/mol. The lowest BCUT2D eigenvalue weighted by atomic mass is 10.1. The minimum absolute atomic E-state index is 0.0265. The van der Waals surface area contributed by atoms with Gasteiger partial charge in [-0.3, -0.25) is 14.4 Å². The second kappa shape index (κ2) is 8.12. The maximum atomic E-state index is 12.9. The molecule has 1 aliphatic heterocycles. The zero-order chi connectivity index (χ0) is 23.8. The molecule has 1 fully saturated rings. The van der Waals surface area contributed by atoms with E-state index < -0.39 is 49.4 Å². The molecule has 0 saturated carbocycles. The first kappa shape index (κ1) is 23.0. The van der Waals surface area contributed by atoms with E-state index in [1.54, 1.807) is 0 Å². The van der Waals surface area contributed by atoms with Crippen molar-refractivity contribution in [3.8, 4) is 0 Å². The summed E-state index contributed by atoms with van der Waals surface area (Å²) in [5, 5.41) is 15.7. The Balaban J connectivity index is 1.88. The molecule has 0 aliphatic carbocycles. The van der Waals surface area contributed by atoms with Gasteiger partial charge in [0, 0.05) is 5.69 Å². The third-order valence-corrected chi connectivity index (χ3v) is 6.30. The molecule has 0 aromatic heterocycles. The molecule has 2 aromatic rings. The molecule has 0 bridgehead atoms. The van der Waals surface area contributed by atoms with Crippen LogP contribution in [-0.4, -0.2) is 40.3 Å².